The van der Waals surface area contributed by atoms with Crippen LogP contribution in [0.4, 0.5) is 0 Å². The van der Waals surface area contributed by atoms with Crippen LogP contribution in [0.25, 0.3) is 5.57 Å². The van der Waals surface area contributed by atoms with Crippen LogP contribution in [0.15, 0.2) is 24.3 Å². The molecule has 0 spiro atoms. The van der Waals surface area contributed by atoms with Crippen LogP contribution in [0.2, 0.25) is 10.0 Å². The third-order valence-electron chi connectivity index (χ3n) is 3.87. The van der Waals surface area contributed by atoms with E-state index in [1.807, 2.05) is 13.8 Å². The topological polar surface area (TPSA) is 61.1 Å². The number of hydrogen-bond donors (Lipinski definition) is 1. The van der Waals surface area contributed by atoms with Gasteiger partial charge in [0.2, 0.25) is 0 Å². The van der Waals surface area contributed by atoms with E-state index >= 15 is 0 Å². The number of halogens is 2. The Morgan fingerprint density at radius 1 is 1.40 bits per heavy atom. The van der Waals surface area contributed by atoms with Crippen molar-refractivity contribution in [2.75, 3.05) is 0 Å². The largest absolute Gasteiger partial charge is 0.481 e. The van der Waals surface area contributed by atoms with Crippen LogP contribution in [-0.2, 0) is 4.79 Å². The van der Waals surface area contributed by atoms with Crippen LogP contribution in [0.3, 0.4) is 0 Å². The third kappa shape index (κ3) is 2.54. The van der Waals surface area contributed by atoms with Crippen LogP contribution in [-0.4, -0.2) is 11.1 Å². The first-order valence-corrected chi connectivity index (χ1v) is 6.84. The molecule has 1 aromatic rings. The molecule has 0 heterocycles. The molecule has 0 amide bonds. The molecule has 0 radical (unpaired) electrons. The Bertz CT molecular complexity index is 644. The summed E-state index contributed by atoms with van der Waals surface area (Å²) in [5, 5.41) is 19.2. The molecule has 1 fully saturated rings. The van der Waals surface area contributed by atoms with Crippen molar-refractivity contribution in [1.29, 1.82) is 5.26 Å². The van der Waals surface area contributed by atoms with E-state index in [1.54, 1.807) is 24.3 Å². The molecule has 1 aliphatic rings. The van der Waals surface area contributed by atoms with Crippen molar-refractivity contribution in [1.82, 2.24) is 0 Å². The van der Waals surface area contributed by atoms with Gasteiger partial charge in [-0.1, -0.05) is 49.2 Å². The highest BCUT2D eigenvalue weighted by molar-refractivity contribution is 6.42. The number of carbonyl (C=O) groups is 1. The Hall–Kier alpha value is -1.50. The van der Waals surface area contributed by atoms with Crippen LogP contribution in [0, 0.1) is 28.6 Å². The van der Waals surface area contributed by atoms with Crippen molar-refractivity contribution in [3.05, 3.63) is 39.9 Å². The lowest BCUT2D eigenvalue weighted by atomic mass is 10.0. The first kappa shape index (κ1) is 14.9. The fourth-order valence-corrected chi connectivity index (χ4v) is 2.80. The number of nitriles is 1. The standard InChI is InChI=1S/C15H13Cl2NO2/c1-15(2)10(13(15)14(19)20)5-9(7-18)8-3-4-11(16)12(17)6-8/h3-6,10,13H,1-2H3,(H,19,20)/b9-5+. The molecular formula is C15H13Cl2NO2. The Balaban J connectivity index is 2.35. The lowest BCUT2D eigenvalue weighted by Gasteiger charge is -2.02. The maximum Gasteiger partial charge on any atom is 0.307 e. The first-order valence-electron chi connectivity index (χ1n) is 6.09. The molecule has 104 valence electrons. The summed E-state index contributed by atoms with van der Waals surface area (Å²) in [4.78, 5) is 11.1. The zero-order chi connectivity index (χ0) is 15.1. The molecule has 1 aromatic carbocycles. The van der Waals surface area contributed by atoms with Gasteiger partial charge in [-0.3, -0.25) is 4.79 Å². The highest BCUT2D eigenvalue weighted by Crippen LogP contribution is 2.59. The van der Waals surface area contributed by atoms with Gasteiger partial charge in [-0.2, -0.15) is 5.26 Å². The third-order valence-corrected chi connectivity index (χ3v) is 4.61. The van der Waals surface area contributed by atoms with E-state index in [2.05, 4.69) is 6.07 Å². The summed E-state index contributed by atoms with van der Waals surface area (Å²) in [5.41, 5.74) is 0.739. The van der Waals surface area contributed by atoms with Gasteiger partial charge in [-0.25, -0.2) is 0 Å². The average Bonchev–Trinajstić information content (AvgIpc) is 2.91. The Morgan fingerprint density at radius 3 is 2.50 bits per heavy atom. The van der Waals surface area contributed by atoms with Gasteiger partial charge in [0.15, 0.2) is 0 Å². The molecule has 0 aliphatic heterocycles. The van der Waals surface area contributed by atoms with Crippen LogP contribution in [0.1, 0.15) is 19.4 Å². The van der Waals surface area contributed by atoms with Crippen LogP contribution in [0.5, 0.6) is 0 Å². The van der Waals surface area contributed by atoms with Crippen molar-refractivity contribution in [3.8, 4) is 6.07 Å². The fourth-order valence-electron chi connectivity index (χ4n) is 2.50. The van der Waals surface area contributed by atoms with Crippen LogP contribution < -0.4 is 0 Å². The van der Waals surface area contributed by atoms with Gasteiger partial charge in [0.1, 0.15) is 0 Å². The monoisotopic (exact) mass is 309 g/mol. The summed E-state index contributed by atoms with van der Waals surface area (Å²) in [6, 6.07) is 7.04. The van der Waals surface area contributed by atoms with E-state index in [0.717, 1.165) is 0 Å². The van der Waals surface area contributed by atoms with Crippen molar-refractivity contribution >= 4 is 34.7 Å². The Morgan fingerprint density at radius 2 is 2.05 bits per heavy atom. The van der Waals surface area contributed by atoms with E-state index < -0.39 is 11.9 Å². The molecule has 1 aliphatic carbocycles. The van der Waals surface area contributed by atoms with Gasteiger partial charge in [0, 0.05) is 0 Å². The summed E-state index contributed by atoms with van der Waals surface area (Å²) in [6.45, 7) is 3.77. The highest BCUT2D eigenvalue weighted by Gasteiger charge is 2.61. The number of aliphatic carboxylic acids is 1. The number of rotatable bonds is 3. The zero-order valence-corrected chi connectivity index (χ0v) is 12.5. The molecule has 2 unspecified atom stereocenters. The quantitative estimate of drug-likeness (QED) is 0.849. The molecule has 0 saturated heterocycles. The van der Waals surface area contributed by atoms with E-state index in [1.165, 1.54) is 0 Å². The molecule has 3 nitrogen and oxygen atoms in total. The maximum atomic E-state index is 11.1. The fraction of sp³-hybridized carbons (Fsp3) is 0.333. The second kappa shape index (κ2) is 5.12. The lowest BCUT2D eigenvalue weighted by molar-refractivity contribution is -0.139. The summed E-state index contributed by atoms with van der Waals surface area (Å²) in [7, 11) is 0. The van der Waals surface area contributed by atoms with Crippen molar-refractivity contribution in [3.63, 3.8) is 0 Å². The number of allylic oxidation sites excluding steroid dienone is 2. The molecule has 0 bridgehead atoms. The smallest absolute Gasteiger partial charge is 0.307 e. The van der Waals surface area contributed by atoms with Crippen molar-refractivity contribution in [2.24, 2.45) is 17.3 Å². The molecule has 0 aromatic heterocycles. The van der Waals surface area contributed by atoms with E-state index in [-0.39, 0.29) is 11.3 Å². The van der Waals surface area contributed by atoms with E-state index in [9.17, 15) is 10.1 Å². The van der Waals surface area contributed by atoms with Gasteiger partial charge < -0.3 is 5.11 Å². The first-order chi connectivity index (χ1) is 9.28. The minimum atomic E-state index is -0.831. The van der Waals surface area contributed by atoms with E-state index in [4.69, 9.17) is 28.3 Å². The SMILES string of the molecule is CC1(C)C(/C=C(\C#N)c2ccc(Cl)c(Cl)c2)C1C(=O)O. The molecule has 2 atom stereocenters. The normalized spacial score (nSPS) is 24.1. The minimum Gasteiger partial charge on any atom is -0.481 e. The summed E-state index contributed by atoms with van der Waals surface area (Å²) < 4.78 is 0. The van der Waals surface area contributed by atoms with Gasteiger partial charge in [0.25, 0.3) is 0 Å². The van der Waals surface area contributed by atoms with E-state index in [0.29, 0.717) is 21.2 Å². The summed E-state index contributed by atoms with van der Waals surface area (Å²) >= 11 is 11.8. The summed E-state index contributed by atoms with van der Waals surface area (Å²) in [6.07, 6.45) is 1.72. The number of hydrogen-bond acceptors (Lipinski definition) is 2. The summed E-state index contributed by atoms with van der Waals surface area (Å²) in [5.74, 6) is -1.43. The van der Waals surface area contributed by atoms with Gasteiger partial charge in [0.05, 0.1) is 27.6 Å². The number of carboxylic acid groups (broad SMARTS) is 1. The molecule has 20 heavy (non-hydrogen) atoms. The maximum absolute atomic E-state index is 11.1. The molecule has 5 heteroatoms. The molecule has 2 rings (SSSR count). The number of carboxylic acids is 1. The molecule has 1 N–H and O–H groups in total. The molecular weight excluding hydrogens is 297 g/mol. The highest BCUT2D eigenvalue weighted by atomic mass is 35.5. The second-order valence-corrected chi connectivity index (χ2v) is 6.30. The van der Waals surface area contributed by atoms with Gasteiger partial charge in [-0.15, -0.1) is 0 Å². The van der Waals surface area contributed by atoms with Crippen LogP contribution >= 0.6 is 23.2 Å². The van der Waals surface area contributed by atoms with Crippen molar-refractivity contribution < 1.29 is 9.90 Å². The van der Waals surface area contributed by atoms with Gasteiger partial charge >= 0.3 is 5.97 Å². The average molecular weight is 310 g/mol. The predicted octanol–water partition coefficient (Wildman–Crippen LogP) is 4.26. The Labute approximate surface area is 127 Å². The molecule has 1 saturated carbocycles. The van der Waals surface area contributed by atoms with Crippen molar-refractivity contribution in [2.45, 2.75) is 13.8 Å². The zero-order valence-electron chi connectivity index (χ0n) is 11.0. The number of nitrogens with zero attached hydrogens (tertiary/aromatic N) is 1. The predicted molar refractivity (Wildman–Crippen MR) is 78.4 cm³/mol. The van der Waals surface area contributed by atoms with Gasteiger partial charge in [-0.05, 0) is 29.0 Å². The Kier molecular flexibility index (Phi) is 3.82. The second-order valence-electron chi connectivity index (χ2n) is 5.48. The lowest BCUT2D eigenvalue weighted by Crippen LogP contribution is -2.03. The number of benzene rings is 1. The minimum absolute atomic E-state index is 0.149.